The lowest BCUT2D eigenvalue weighted by Crippen LogP contribution is -3.00. The van der Waals surface area contributed by atoms with E-state index < -0.39 is 0 Å². The van der Waals surface area contributed by atoms with Gasteiger partial charge in [-0.05, 0) is 59.0 Å². The molecule has 3 rings (SSSR count). The molecule has 0 aliphatic rings. The highest BCUT2D eigenvalue weighted by Gasteiger charge is 2.12. The van der Waals surface area contributed by atoms with Crippen LogP contribution in [0.25, 0.3) is 10.9 Å². The number of aromatic nitrogens is 1. The van der Waals surface area contributed by atoms with Gasteiger partial charge in [-0.2, -0.15) is 4.57 Å². The van der Waals surface area contributed by atoms with Gasteiger partial charge in [-0.15, -0.1) is 0 Å². The zero-order valence-electron chi connectivity index (χ0n) is 11.9. The predicted molar refractivity (Wildman–Crippen MR) is 94.0 cm³/mol. The van der Waals surface area contributed by atoms with Crippen LogP contribution < -0.4 is 33.3 Å². The fraction of sp³-hybridized carbons (Fsp3) is 0.118. The molecule has 0 bridgehead atoms. The van der Waals surface area contributed by atoms with Crippen molar-refractivity contribution in [2.45, 2.75) is 6.54 Å². The van der Waals surface area contributed by atoms with Gasteiger partial charge in [-0.25, -0.2) is 0 Å². The number of ether oxygens (including phenoxy) is 1. The SMILES string of the molecule is COc1ccc(C[n+]2ccc(I)c3ccc(Cl)cc32)cc1.[I-]. The monoisotopic (exact) mass is 537 g/mol. The first-order chi connectivity index (χ1) is 10.2. The van der Waals surface area contributed by atoms with Crippen LogP contribution in [-0.2, 0) is 6.54 Å². The van der Waals surface area contributed by atoms with Crippen LogP contribution in [0.1, 0.15) is 5.56 Å². The Morgan fingerprint density at radius 1 is 1.09 bits per heavy atom. The van der Waals surface area contributed by atoms with Crippen LogP contribution in [0.4, 0.5) is 0 Å². The van der Waals surface area contributed by atoms with Crippen molar-refractivity contribution >= 4 is 45.1 Å². The lowest BCUT2D eigenvalue weighted by atomic mass is 10.2. The minimum Gasteiger partial charge on any atom is -1.00 e. The zero-order valence-corrected chi connectivity index (χ0v) is 17.0. The Labute approximate surface area is 165 Å². The number of hydrogen-bond donors (Lipinski definition) is 0. The maximum atomic E-state index is 6.15. The highest BCUT2D eigenvalue weighted by Crippen LogP contribution is 2.21. The molecule has 1 aromatic heterocycles. The van der Waals surface area contributed by atoms with Gasteiger partial charge in [0.25, 0.3) is 0 Å². The number of benzene rings is 2. The average molecular weight is 538 g/mol. The zero-order chi connectivity index (χ0) is 14.8. The molecule has 0 fully saturated rings. The first-order valence-corrected chi connectivity index (χ1v) is 8.03. The Hall–Kier alpha value is -0.600. The first-order valence-electron chi connectivity index (χ1n) is 6.57. The molecular formula is C17H14ClI2NO. The quantitative estimate of drug-likeness (QED) is 0.364. The van der Waals surface area contributed by atoms with Crippen molar-refractivity contribution in [3.63, 3.8) is 0 Å². The summed E-state index contributed by atoms with van der Waals surface area (Å²) in [5.74, 6) is 0.874. The van der Waals surface area contributed by atoms with Crippen LogP contribution in [-0.4, -0.2) is 7.11 Å². The van der Waals surface area contributed by atoms with Crippen LogP contribution >= 0.6 is 34.2 Å². The fourth-order valence-corrected chi connectivity index (χ4v) is 3.12. The van der Waals surface area contributed by atoms with Crippen molar-refractivity contribution in [3.05, 3.63) is 68.9 Å². The molecular weight excluding hydrogens is 523 g/mol. The van der Waals surface area contributed by atoms with Gasteiger partial charge in [-0.3, -0.25) is 0 Å². The molecule has 0 spiro atoms. The molecule has 0 N–H and O–H groups in total. The summed E-state index contributed by atoms with van der Waals surface area (Å²) < 4.78 is 8.64. The molecule has 3 aromatic rings. The molecule has 0 radical (unpaired) electrons. The van der Waals surface area contributed by atoms with Gasteiger partial charge in [0.15, 0.2) is 12.7 Å². The van der Waals surface area contributed by atoms with Crippen molar-refractivity contribution in [2.24, 2.45) is 0 Å². The van der Waals surface area contributed by atoms with Gasteiger partial charge in [0.2, 0.25) is 5.52 Å². The molecule has 0 unspecified atom stereocenters. The van der Waals surface area contributed by atoms with Gasteiger partial charge in [0.1, 0.15) is 5.75 Å². The summed E-state index contributed by atoms with van der Waals surface area (Å²) in [6.45, 7) is 0.803. The van der Waals surface area contributed by atoms with Crippen molar-refractivity contribution in [2.75, 3.05) is 7.11 Å². The number of hydrogen-bond acceptors (Lipinski definition) is 1. The second kappa shape index (κ2) is 7.79. The van der Waals surface area contributed by atoms with E-state index in [2.05, 4.69) is 57.6 Å². The van der Waals surface area contributed by atoms with E-state index in [1.807, 2.05) is 24.3 Å². The second-order valence-electron chi connectivity index (χ2n) is 4.80. The molecule has 0 aliphatic heterocycles. The number of nitrogens with zero attached hydrogens (tertiary/aromatic N) is 1. The molecule has 0 aliphatic carbocycles. The van der Waals surface area contributed by atoms with Crippen molar-refractivity contribution in [1.82, 2.24) is 0 Å². The molecule has 0 saturated carbocycles. The number of pyridine rings is 1. The van der Waals surface area contributed by atoms with E-state index in [0.29, 0.717) is 0 Å². The molecule has 2 aromatic carbocycles. The van der Waals surface area contributed by atoms with Crippen LogP contribution in [0.2, 0.25) is 5.02 Å². The average Bonchev–Trinajstić information content (AvgIpc) is 2.51. The summed E-state index contributed by atoms with van der Waals surface area (Å²) in [6, 6.07) is 16.3. The lowest BCUT2D eigenvalue weighted by molar-refractivity contribution is -0.662. The van der Waals surface area contributed by atoms with E-state index in [0.717, 1.165) is 22.8 Å². The molecule has 0 atom stereocenters. The third kappa shape index (κ3) is 3.83. The number of fused-ring (bicyclic) bond motifs is 1. The summed E-state index contributed by atoms with van der Waals surface area (Å²) in [7, 11) is 1.68. The van der Waals surface area contributed by atoms with Gasteiger partial charge >= 0.3 is 0 Å². The van der Waals surface area contributed by atoms with Crippen LogP contribution in [0.15, 0.2) is 54.7 Å². The van der Waals surface area contributed by atoms with E-state index in [1.54, 1.807) is 7.11 Å². The van der Waals surface area contributed by atoms with E-state index in [9.17, 15) is 0 Å². The Bertz CT molecular complexity index is 791. The third-order valence-corrected chi connectivity index (χ3v) is 4.62. The van der Waals surface area contributed by atoms with Gasteiger partial charge in [-0.1, -0.05) is 11.6 Å². The number of methoxy groups -OCH3 is 1. The normalized spacial score (nSPS) is 10.3. The fourth-order valence-electron chi connectivity index (χ4n) is 2.34. The Morgan fingerprint density at radius 2 is 1.82 bits per heavy atom. The van der Waals surface area contributed by atoms with Crippen LogP contribution in [0.5, 0.6) is 5.75 Å². The highest BCUT2D eigenvalue weighted by molar-refractivity contribution is 14.1. The van der Waals surface area contributed by atoms with Crippen molar-refractivity contribution < 1.29 is 33.3 Å². The summed E-state index contributed by atoms with van der Waals surface area (Å²) in [5.41, 5.74) is 2.37. The van der Waals surface area contributed by atoms with Crippen LogP contribution in [0.3, 0.4) is 0 Å². The largest absolute Gasteiger partial charge is 1.00 e. The Morgan fingerprint density at radius 3 is 2.50 bits per heavy atom. The van der Waals surface area contributed by atoms with Crippen molar-refractivity contribution in [3.8, 4) is 5.75 Å². The van der Waals surface area contributed by atoms with E-state index >= 15 is 0 Å². The molecule has 2 nitrogen and oxygen atoms in total. The minimum atomic E-state index is 0. The van der Waals surface area contributed by atoms with Crippen LogP contribution in [0, 0.1) is 3.57 Å². The summed E-state index contributed by atoms with van der Waals surface area (Å²) >= 11 is 8.51. The van der Waals surface area contributed by atoms with Gasteiger partial charge in [0.05, 0.1) is 12.5 Å². The maximum Gasteiger partial charge on any atom is 0.215 e. The molecule has 1 heterocycles. The minimum absolute atomic E-state index is 0. The van der Waals surface area contributed by atoms with E-state index in [1.165, 1.54) is 14.5 Å². The summed E-state index contributed by atoms with van der Waals surface area (Å²) in [4.78, 5) is 0. The van der Waals surface area contributed by atoms with E-state index in [-0.39, 0.29) is 24.0 Å². The summed E-state index contributed by atoms with van der Waals surface area (Å²) in [6.07, 6.45) is 2.10. The topological polar surface area (TPSA) is 13.1 Å². The highest BCUT2D eigenvalue weighted by atomic mass is 127. The third-order valence-electron chi connectivity index (χ3n) is 3.44. The molecule has 114 valence electrons. The Balaban J connectivity index is 0.00000176. The van der Waals surface area contributed by atoms with Crippen molar-refractivity contribution in [1.29, 1.82) is 0 Å². The van der Waals surface area contributed by atoms with Gasteiger partial charge in [0, 0.05) is 26.3 Å². The summed E-state index contributed by atoms with van der Waals surface area (Å²) in [5, 5.41) is 1.98. The number of halogens is 3. The Kier molecular flexibility index (Phi) is 6.28. The standard InChI is InChI=1S/C17H14ClINO.HI/c1-21-14-5-2-12(3-6-14)11-20-9-8-16(19)15-7-4-13(18)10-17(15)20;/h2-10H,11H2,1H3;1H/q+1;/p-1. The molecule has 0 saturated heterocycles. The van der Waals surface area contributed by atoms with Gasteiger partial charge < -0.3 is 28.7 Å². The second-order valence-corrected chi connectivity index (χ2v) is 6.40. The van der Waals surface area contributed by atoms with E-state index in [4.69, 9.17) is 16.3 Å². The first kappa shape index (κ1) is 17.7. The maximum absolute atomic E-state index is 6.15. The molecule has 22 heavy (non-hydrogen) atoms. The number of rotatable bonds is 3. The molecule has 5 heteroatoms. The predicted octanol–water partition coefficient (Wildman–Crippen LogP) is 1.45. The lowest BCUT2D eigenvalue weighted by Gasteiger charge is -2.05. The molecule has 0 amide bonds. The smallest absolute Gasteiger partial charge is 0.215 e.